The summed E-state index contributed by atoms with van der Waals surface area (Å²) < 4.78 is 2.01. The second-order valence-electron chi connectivity index (χ2n) is 4.67. The summed E-state index contributed by atoms with van der Waals surface area (Å²) >= 11 is 0. The summed E-state index contributed by atoms with van der Waals surface area (Å²) in [7, 11) is 0. The van der Waals surface area contributed by atoms with Crippen molar-refractivity contribution in [2.75, 3.05) is 0 Å². The number of nitrogens with one attached hydrogen (secondary N) is 1. The van der Waals surface area contributed by atoms with E-state index in [1.807, 2.05) is 30.5 Å². The molecule has 0 aliphatic rings. The van der Waals surface area contributed by atoms with Crippen molar-refractivity contribution in [3.8, 4) is 0 Å². The van der Waals surface area contributed by atoms with Crippen molar-refractivity contribution in [3.05, 3.63) is 41.7 Å². The van der Waals surface area contributed by atoms with Gasteiger partial charge in [-0.25, -0.2) is 4.52 Å². The number of aryl methyl sites for hydroxylation is 2. The van der Waals surface area contributed by atoms with Crippen molar-refractivity contribution in [2.45, 2.75) is 13.8 Å². The van der Waals surface area contributed by atoms with Crippen LogP contribution in [-0.4, -0.2) is 19.8 Å². The summed E-state index contributed by atoms with van der Waals surface area (Å²) in [5.74, 6) is 0. The zero-order chi connectivity index (χ0) is 12.3. The molecular weight excluding hydrogens is 224 g/mol. The van der Waals surface area contributed by atoms with Crippen LogP contribution in [0, 0.1) is 13.8 Å². The molecule has 3 aromatic heterocycles. The van der Waals surface area contributed by atoms with Crippen LogP contribution in [0.25, 0.3) is 27.3 Å². The quantitative estimate of drug-likeness (QED) is 0.510. The molecule has 0 fully saturated rings. The predicted molar refractivity (Wildman–Crippen MR) is 71.8 cm³/mol. The third-order valence-corrected chi connectivity index (χ3v) is 3.42. The maximum Gasteiger partial charge on any atom is 0.104 e. The fourth-order valence-corrected chi connectivity index (χ4v) is 2.66. The molecule has 0 spiro atoms. The summed E-state index contributed by atoms with van der Waals surface area (Å²) in [6.45, 7) is 4.06. The largest absolute Gasteiger partial charge is 0.282 e. The maximum atomic E-state index is 4.59. The van der Waals surface area contributed by atoms with E-state index in [2.05, 4.69) is 33.5 Å². The standard InChI is InChI=1S/C14H12N4/c1-8-7-12-13-9(2)15-16-14(13)10-5-3-4-6-11(10)18(12)17-8/h3-7H,1-2H3,(H,15,16). The number of hydrogen-bond acceptors (Lipinski definition) is 2. The van der Waals surface area contributed by atoms with Crippen LogP contribution in [0.4, 0.5) is 0 Å². The number of benzene rings is 1. The van der Waals surface area contributed by atoms with Crippen LogP contribution in [-0.2, 0) is 0 Å². The Labute approximate surface area is 103 Å². The van der Waals surface area contributed by atoms with Crippen LogP contribution < -0.4 is 0 Å². The van der Waals surface area contributed by atoms with Crippen LogP contribution in [0.1, 0.15) is 11.4 Å². The minimum absolute atomic E-state index is 1.02. The highest BCUT2D eigenvalue weighted by molar-refractivity contribution is 6.11. The zero-order valence-electron chi connectivity index (χ0n) is 10.2. The first-order valence-corrected chi connectivity index (χ1v) is 5.97. The Morgan fingerprint density at radius 3 is 2.83 bits per heavy atom. The zero-order valence-corrected chi connectivity index (χ0v) is 10.2. The first-order chi connectivity index (χ1) is 8.75. The van der Waals surface area contributed by atoms with E-state index in [0.29, 0.717) is 0 Å². The minimum Gasteiger partial charge on any atom is -0.282 e. The second-order valence-corrected chi connectivity index (χ2v) is 4.67. The third-order valence-electron chi connectivity index (χ3n) is 3.42. The van der Waals surface area contributed by atoms with Gasteiger partial charge >= 0.3 is 0 Å². The molecule has 0 amide bonds. The highest BCUT2D eigenvalue weighted by Gasteiger charge is 2.13. The highest BCUT2D eigenvalue weighted by atomic mass is 15.2. The lowest BCUT2D eigenvalue weighted by Crippen LogP contribution is -1.92. The fraction of sp³-hybridized carbons (Fsp3) is 0.143. The van der Waals surface area contributed by atoms with E-state index in [4.69, 9.17) is 0 Å². The van der Waals surface area contributed by atoms with Crippen LogP contribution in [0.3, 0.4) is 0 Å². The maximum absolute atomic E-state index is 4.59. The molecule has 4 heteroatoms. The van der Waals surface area contributed by atoms with Gasteiger partial charge in [0, 0.05) is 16.5 Å². The lowest BCUT2D eigenvalue weighted by Gasteiger charge is -2.03. The van der Waals surface area contributed by atoms with Gasteiger partial charge in [0.1, 0.15) is 5.52 Å². The van der Waals surface area contributed by atoms with E-state index in [1.165, 1.54) is 0 Å². The Hall–Kier alpha value is -2.36. The van der Waals surface area contributed by atoms with Crippen LogP contribution >= 0.6 is 0 Å². The van der Waals surface area contributed by atoms with Crippen molar-refractivity contribution in [1.29, 1.82) is 0 Å². The van der Waals surface area contributed by atoms with Gasteiger partial charge in [0.15, 0.2) is 0 Å². The number of rotatable bonds is 0. The van der Waals surface area contributed by atoms with Gasteiger partial charge in [-0.05, 0) is 26.0 Å². The van der Waals surface area contributed by atoms with Crippen molar-refractivity contribution >= 4 is 27.3 Å². The smallest absolute Gasteiger partial charge is 0.104 e. The number of aromatic nitrogens is 4. The van der Waals surface area contributed by atoms with E-state index >= 15 is 0 Å². The summed E-state index contributed by atoms with van der Waals surface area (Å²) in [4.78, 5) is 0. The molecule has 1 N–H and O–H groups in total. The molecule has 88 valence electrons. The Morgan fingerprint density at radius 2 is 1.94 bits per heavy atom. The van der Waals surface area contributed by atoms with Gasteiger partial charge in [-0.15, -0.1) is 0 Å². The summed E-state index contributed by atoms with van der Waals surface area (Å²) in [6.07, 6.45) is 0. The van der Waals surface area contributed by atoms with Gasteiger partial charge in [0.2, 0.25) is 0 Å². The SMILES string of the molecule is Cc1cc2c3c(C)[nH]nc3c3ccccc3n2n1. The Bertz CT molecular complexity index is 883. The predicted octanol–water partition coefficient (Wildman–Crippen LogP) is 2.98. The average Bonchev–Trinajstić information content (AvgIpc) is 2.93. The molecule has 18 heavy (non-hydrogen) atoms. The Kier molecular flexibility index (Phi) is 1.66. The topological polar surface area (TPSA) is 46.0 Å². The molecule has 0 aliphatic heterocycles. The minimum atomic E-state index is 1.02. The van der Waals surface area contributed by atoms with E-state index in [9.17, 15) is 0 Å². The molecule has 0 bridgehead atoms. The molecule has 4 nitrogen and oxygen atoms in total. The van der Waals surface area contributed by atoms with E-state index in [-0.39, 0.29) is 0 Å². The fourth-order valence-electron chi connectivity index (χ4n) is 2.66. The van der Waals surface area contributed by atoms with Gasteiger partial charge in [0.05, 0.1) is 16.7 Å². The number of hydrogen-bond donors (Lipinski definition) is 1. The lowest BCUT2D eigenvalue weighted by atomic mass is 10.1. The number of para-hydroxylation sites is 1. The summed E-state index contributed by atoms with van der Waals surface area (Å²) in [6, 6.07) is 10.3. The van der Waals surface area contributed by atoms with Crippen LogP contribution in [0.15, 0.2) is 30.3 Å². The van der Waals surface area contributed by atoms with E-state index in [1.54, 1.807) is 0 Å². The number of nitrogens with zero attached hydrogens (tertiary/aromatic N) is 3. The summed E-state index contributed by atoms with van der Waals surface area (Å²) in [5, 5.41) is 14.4. The van der Waals surface area contributed by atoms with Crippen molar-refractivity contribution < 1.29 is 0 Å². The molecule has 0 unspecified atom stereocenters. The third kappa shape index (κ3) is 1.05. The first kappa shape index (κ1) is 9.65. The Morgan fingerprint density at radius 1 is 1.11 bits per heavy atom. The number of H-pyrrole nitrogens is 1. The van der Waals surface area contributed by atoms with Crippen molar-refractivity contribution in [2.24, 2.45) is 0 Å². The number of fused-ring (bicyclic) bond motifs is 6. The van der Waals surface area contributed by atoms with Crippen molar-refractivity contribution in [3.63, 3.8) is 0 Å². The molecule has 0 atom stereocenters. The van der Waals surface area contributed by atoms with E-state index < -0.39 is 0 Å². The van der Waals surface area contributed by atoms with Crippen LogP contribution in [0.5, 0.6) is 0 Å². The second kappa shape index (κ2) is 3.10. The van der Waals surface area contributed by atoms with Gasteiger partial charge in [-0.1, -0.05) is 18.2 Å². The van der Waals surface area contributed by atoms with Gasteiger partial charge in [0.25, 0.3) is 0 Å². The van der Waals surface area contributed by atoms with Gasteiger partial charge in [-0.2, -0.15) is 10.2 Å². The number of aromatic amines is 1. The molecule has 0 saturated carbocycles. The molecule has 1 aromatic carbocycles. The van der Waals surface area contributed by atoms with Gasteiger partial charge in [-0.3, -0.25) is 5.10 Å². The normalized spacial score (nSPS) is 11.9. The van der Waals surface area contributed by atoms with Gasteiger partial charge < -0.3 is 0 Å². The molecular formula is C14H12N4. The lowest BCUT2D eigenvalue weighted by molar-refractivity contribution is 0.974. The van der Waals surface area contributed by atoms with Crippen molar-refractivity contribution in [1.82, 2.24) is 19.8 Å². The molecule has 4 rings (SSSR count). The molecule has 3 heterocycles. The molecule has 0 radical (unpaired) electrons. The highest BCUT2D eigenvalue weighted by Crippen LogP contribution is 2.29. The first-order valence-electron chi connectivity index (χ1n) is 5.97. The molecule has 0 saturated heterocycles. The van der Waals surface area contributed by atoms with E-state index in [0.717, 1.165) is 38.7 Å². The monoisotopic (exact) mass is 236 g/mol. The molecule has 0 aliphatic carbocycles. The summed E-state index contributed by atoms with van der Waals surface area (Å²) in [5.41, 5.74) is 5.34. The van der Waals surface area contributed by atoms with Crippen LogP contribution in [0.2, 0.25) is 0 Å². The molecule has 4 aromatic rings. The average molecular weight is 236 g/mol. The number of pyridine rings is 1. The Balaban J connectivity index is 2.47.